The molecule has 1 fully saturated rings. The minimum atomic E-state index is -0.0540. The van der Waals surface area contributed by atoms with Crippen molar-refractivity contribution < 1.29 is 4.74 Å². The Hall–Kier alpha value is -2.61. The van der Waals surface area contributed by atoms with E-state index in [-0.39, 0.29) is 6.10 Å². The number of hydrogen-bond donors (Lipinski definition) is 0. The maximum atomic E-state index is 6.03. The van der Waals surface area contributed by atoms with Crippen LogP contribution in [0.2, 0.25) is 0 Å². The van der Waals surface area contributed by atoms with Gasteiger partial charge in [-0.1, -0.05) is 11.3 Å². The van der Waals surface area contributed by atoms with E-state index in [0.29, 0.717) is 6.61 Å². The predicted octanol–water partition coefficient (Wildman–Crippen LogP) is 3.43. The van der Waals surface area contributed by atoms with Crippen molar-refractivity contribution in [2.45, 2.75) is 12.6 Å². The zero-order valence-electron chi connectivity index (χ0n) is 14.7. The SMILES string of the molecule is c1cc(-c2ccc3c(C4CN(Cc5ccsc5)CCO4)nnn3c2)ccn1. The average Bonchev–Trinajstić information content (AvgIpc) is 3.38. The summed E-state index contributed by atoms with van der Waals surface area (Å²) < 4.78 is 7.87. The molecule has 6 nitrogen and oxygen atoms in total. The Balaban J connectivity index is 1.39. The van der Waals surface area contributed by atoms with Crippen molar-refractivity contribution in [3.8, 4) is 11.1 Å². The molecule has 7 heteroatoms. The molecule has 0 amide bonds. The third-order valence-corrected chi connectivity index (χ3v) is 5.63. The molecule has 27 heavy (non-hydrogen) atoms. The van der Waals surface area contributed by atoms with Gasteiger partial charge in [-0.3, -0.25) is 9.88 Å². The van der Waals surface area contributed by atoms with Gasteiger partial charge in [0, 0.05) is 43.8 Å². The van der Waals surface area contributed by atoms with Gasteiger partial charge in [-0.25, -0.2) is 4.52 Å². The molecule has 4 aromatic heterocycles. The molecule has 0 aliphatic carbocycles. The first-order valence-corrected chi connectivity index (χ1v) is 9.91. The summed E-state index contributed by atoms with van der Waals surface area (Å²) in [5, 5.41) is 13.1. The molecule has 136 valence electrons. The van der Waals surface area contributed by atoms with Crippen LogP contribution in [-0.4, -0.2) is 44.4 Å². The van der Waals surface area contributed by atoms with E-state index < -0.39 is 0 Å². The van der Waals surface area contributed by atoms with Crippen molar-refractivity contribution >= 4 is 16.9 Å². The van der Waals surface area contributed by atoms with Gasteiger partial charge in [0.15, 0.2) is 0 Å². The summed E-state index contributed by atoms with van der Waals surface area (Å²) in [6, 6.07) is 10.3. The second kappa shape index (κ2) is 7.19. The maximum absolute atomic E-state index is 6.03. The molecule has 1 aliphatic heterocycles. The van der Waals surface area contributed by atoms with Crippen molar-refractivity contribution in [1.82, 2.24) is 24.7 Å². The molecule has 1 unspecified atom stereocenters. The minimum Gasteiger partial charge on any atom is -0.369 e. The van der Waals surface area contributed by atoms with Crippen LogP contribution in [0.1, 0.15) is 17.4 Å². The van der Waals surface area contributed by atoms with Crippen molar-refractivity contribution in [3.05, 3.63) is 70.9 Å². The van der Waals surface area contributed by atoms with Crippen LogP contribution in [0.4, 0.5) is 0 Å². The lowest BCUT2D eigenvalue weighted by Gasteiger charge is -2.31. The number of rotatable bonds is 4. The highest BCUT2D eigenvalue weighted by Crippen LogP contribution is 2.27. The molecule has 0 N–H and O–H groups in total. The van der Waals surface area contributed by atoms with E-state index in [1.807, 2.05) is 22.8 Å². The van der Waals surface area contributed by atoms with E-state index in [1.165, 1.54) is 5.56 Å². The summed E-state index contributed by atoms with van der Waals surface area (Å²) in [5.74, 6) is 0. The monoisotopic (exact) mass is 377 g/mol. The second-order valence-corrected chi connectivity index (χ2v) is 7.46. The van der Waals surface area contributed by atoms with E-state index in [0.717, 1.165) is 42.0 Å². The highest BCUT2D eigenvalue weighted by molar-refractivity contribution is 7.07. The zero-order valence-corrected chi connectivity index (χ0v) is 15.5. The predicted molar refractivity (Wildman–Crippen MR) is 105 cm³/mol. The van der Waals surface area contributed by atoms with Crippen LogP contribution < -0.4 is 0 Å². The molecule has 0 radical (unpaired) electrons. The lowest BCUT2D eigenvalue weighted by atomic mass is 10.1. The Kier molecular flexibility index (Phi) is 4.41. The molecule has 5 rings (SSSR count). The number of morpholine rings is 1. The first-order valence-electron chi connectivity index (χ1n) is 8.97. The van der Waals surface area contributed by atoms with Crippen molar-refractivity contribution in [1.29, 1.82) is 0 Å². The van der Waals surface area contributed by atoms with E-state index in [9.17, 15) is 0 Å². The van der Waals surface area contributed by atoms with Gasteiger partial charge in [-0.15, -0.1) is 5.10 Å². The van der Waals surface area contributed by atoms with Gasteiger partial charge >= 0.3 is 0 Å². The second-order valence-electron chi connectivity index (χ2n) is 6.68. The molecular formula is C20H19N5OS. The molecule has 1 saturated heterocycles. The van der Waals surface area contributed by atoms with Crippen LogP contribution in [0.3, 0.4) is 0 Å². The van der Waals surface area contributed by atoms with Gasteiger partial charge in [-0.05, 0) is 46.2 Å². The molecule has 0 saturated carbocycles. The fourth-order valence-corrected chi connectivity index (χ4v) is 4.17. The fraction of sp³-hybridized carbons (Fsp3) is 0.250. The molecule has 1 aliphatic rings. The fourth-order valence-electron chi connectivity index (χ4n) is 3.51. The minimum absolute atomic E-state index is 0.0540. The molecule has 1 atom stereocenters. The Labute approximate surface area is 161 Å². The summed E-state index contributed by atoms with van der Waals surface area (Å²) >= 11 is 1.74. The summed E-state index contributed by atoms with van der Waals surface area (Å²) in [7, 11) is 0. The van der Waals surface area contributed by atoms with Crippen LogP contribution in [0.25, 0.3) is 16.6 Å². The molecule has 4 aromatic rings. The Morgan fingerprint density at radius 2 is 2.04 bits per heavy atom. The molecule has 5 heterocycles. The number of hydrogen-bond acceptors (Lipinski definition) is 6. The first kappa shape index (κ1) is 16.6. The first-order chi connectivity index (χ1) is 13.4. The third-order valence-electron chi connectivity index (χ3n) is 4.90. The Bertz CT molecular complexity index is 1030. The van der Waals surface area contributed by atoms with Gasteiger partial charge in [0.1, 0.15) is 11.8 Å². The van der Waals surface area contributed by atoms with Gasteiger partial charge < -0.3 is 4.74 Å². The van der Waals surface area contributed by atoms with Crippen LogP contribution in [0.15, 0.2) is 59.7 Å². The summed E-state index contributed by atoms with van der Waals surface area (Å²) in [6.45, 7) is 3.44. The van der Waals surface area contributed by atoms with E-state index in [4.69, 9.17) is 4.74 Å². The lowest BCUT2D eigenvalue weighted by molar-refractivity contribution is -0.0342. The number of ether oxygens (including phenoxy) is 1. The average molecular weight is 377 g/mol. The normalized spacial score (nSPS) is 18.1. The lowest BCUT2D eigenvalue weighted by Crippen LogP contribution is -2.37. The molecular weight excluding hydrogens is 358 g/mol. The summed E-state index contributed by atoms with van der Waals surface area (Å²) in [5.41, 5.74) is 5.46. The number of pyridine rings is 2. The topological polar surface area (TPSA) is 55.5 Å². The number of nitrogens with zero attached hydrogens (tertiary/aromatic N) is 5. The summed E-state index contributed by atoms with van der Waals surface area (Å²) in [6.07, 6.45) is 5.54. The largest absolute Gasteiger partial charge is 0.369 e. The van der Waals surface area contributed by atoms with Gasteiger partial charge in [-0.2, -0.15) is 11.3 Å². The number of aromatic nitrogens is 4. The van der Waals surface area contributed by atoms with Crippen molar-refractivity contribution in [2.24, 2.45) is 0 Å². The van der Waals surface area contributed by atoms with Gasteiger partial charge in [0.25, 0.3) is 0 Å². The Morgan fingerprint density at radius 1 is 1.11 bits per heavy atom. The van der Waals surface area contributed by atoms with Crippen LogP contribution in [0, 0.1) is 0 Å². The van der Waals surface area contributed by atoms with Crippen LogP contribution in [0.5, 0.6) is 0 Å². The van der Waals surface area contributed by atoms with E-state index in [1.54, 1.807) is 23.7 Å². The van der Waals surface area contributed by atoms with Crippen LogP contribution >= 0.6 is 11.3 Å². The zero-order chi connectivity index (χ0) is 18.1. The standard InChI is InChI=1S/C20H19N5OS/c1-2-18-20(19-13-24(8-9-26-19)11-15-5-10-27-14-15)22-23-25(18)12-17(1)16-3-6-21-7-4-16/h1-7,10,12,14,19H,8-9,11,13H2. The highest BCUT2D eigenvalue weighted by atomic mass is 32.1. The van der Waals surface area contributed by atoms with E-state index in [2.05, 4.69) is 49.2 Å². The van der Waals surface area contributed by atoms with Crippen molar-refractivity contribution in [2.75, 3.05) is 19.7 Å². The van der Waals surface area contributed by atoms with Gasteiger partial charge in [0.05, 0.1) is 12.1 Å². The van der Waals surface area contributed by atoms with Gasteiger partial charge in [0.2, 0.25) is 0 Å². The molecule has 0 aromatic carbocycles. The summed E-state index contributed by atoms with van der Waals surface area (Å²) in [4.78, 5) is 6.50. The Morgan fingerprint density at radius 3 is 2.89 bits per heavy atom. The molecule has 0 spiro atoms. The highest BCUT2D eigenvalue weighted by Gasteiger charge is 2.26. The van der Waals surface area contributed by atoms with Crippen molar-refractivity contribution in [3.63, 3.8) is 0 Å². The quantitative estimate of drug-likeness (QED) is 0.545. The third kappa shape index (κ3) is 3.37. The van der Waals surface area contributed by atoms with Crippen LogP contribution in [-0.2, 0) is 11.3 Å². The number of thiophene rings is 1. The molecule has 0 bridgehead atoms. The smallest absolute Gasteiger partial charge is 0.121 e. The number of fused-ring (bicyclic) bond motifs is 1. The van der Waals surface area contributed by atoms with E-state index >= 15 is 0 Å². The maximum Gasteiger partial charge on any atom is 0.121 e.